The number of pyridine rings is 1. The van der Waals surface area contributed by atoms with E-state index in [1.54, 1.807) is 0 Å². The van der Waals surface area contributed by atoms with Crippen molar-refractivity contribution in [2.45, 2.75) is 32.7 Å². The van der Waals surface area contributed by atoms with Gasteiger partial charge in [0, 0.05) is 25.4 Å². The molecule has 1 unspecified atom stereocenters. The van der Waals surface area contributed by atoms with Gasteiger partial charge in [0.1, 0.15) is 0 Å². The average Bonchev–Trinajstić information content (AvgIpc) is 2.46. The van der Waals surface area contributed by atoms with Crippen LogP contribution in [0.1, 0.15) is 38.4 Å². The van der Waals surface area contributed by atoms with Crippen LogP contribution in [0.15, 0.2) is 18.3 Å². The van der Waals surface area contributed by atoms with E-state index in [0.29, 0.717) is 6.04 Å². The van der Waals surface area contributed by atoms with Gasteiger partial charge in [0.25, 0.3) is 0 Å². The number of thioether (sulfide) groups is 1. The maximum absolute atomic E-state index is 4.62. The molecule has 0 aliphatic carbocycles. The van der Waals surface area contributed by atoms with Crippen LogP contribution >= 0.6 is 11.8 Å². The van der Waals surface area contributed by atoms with E-state index < -0.39 is 0 Å². The zero-order valence-electron chi connectivity index (χ0n) is 12.6. The summed E-state index contributed by atoms with van der Waals surface area (Å²) in [7, 11) is 2.12. The quantitative estimate of drug-likeness (QED) is 0.751. The Morgan fingerprint density at radius 3 is 2.68 bits per heavy atom. The van der Waals surface area contributed by atoms with E-state index in [2.05, 4.69) is 54.5 Å². The summed E-state index contributed by atoms with van der Waals surface area (Å²) in [5.41, 5.74) is 2.35. The largest absolute Gasteiger partial charge is 0.373 e. The summed E-state index contributed by atoms with van der Waals surface area (Å²) in [5, 5.41) is 3.54. The molecule has 0 bridgehead atoms. The maximum Gasteiger partial charge on any atom is 0.0574 e. The van der Waals surface area contributed by atoms with Gasteiger partial charge in [-0.3, -0.25) is 4.98 Å². The molecule has 0 fully saturated rings. The molecule has 1 N–H and O–H groups in total. The molecule has 0 radical (unpaired) electrons. The second-order valence-corrected chi connectivity index (χ2v) is 5.76. The van der Waals surface area contributed by atoms with Crippen molar-refractivity contribution in [3.05, 3.63) is 24.0 Å². The lowest BCUT2D eigenvalue weighted by Gasteiger charge is -2.20. The topological polar surface area (TPSA) is 28.2 Å². The second kappa shape index (κ2) is 9.21. The molecule has 1 atom stereocenters. The third-order valence-electron chi connectivity index (χ3n) is 3.25. The first-order valence-corrected chi connectivity index (χ1v) is 8.51. The minimum atomic E-state index is 0.380. The van der Waals surface area contributed by atoms with Crippen molar-refractivity contribution in [1.82, 2.24) is 10.3 Å². The number of rotatable bonds is 9. The Bertz CT molecular complexity index is 340. The molecule has 0 aromatic carbocycles. The lowest BCUT2D eigenvalue weighted by atomic mass is 10.1. The Balaban J connectivity index is 2.63. The Morgan fingerprint density at radius 2 is 2.16 bits per heavy atom. The number of aromatic nitrogens is 1. The lowest BCUT2D eigenvalue weighted by molar-refractivity contribution is 0.507. The van der Waals surface area contributed by atoms with Gasteiger partial charge >= 0.3 is 0 Å². The van der Waals surface area contributed by atoms with Crippen molar-refractivity contribution < 1.29 is 0 Å². The van der Waals surface area contributed by atoms with Crippen LogP contribution in [0.2, 0.25) is 0 Å². The highest BCUT2D eigenvalue weighted by molar-refractivity contribution is 7.98. The monoisotopic (exact) mass is 281 g/mol. The first-order valence-electron chi connectivity index (χ1n) is 7.12. The molecule has 0 saturated carbocycles. The maximum atomic E-state index is 4.62. The summed E-state index contributed by atoms with van der Waals surface area (Å²) in [6.45, 7) is 6.51. The highest BCUT2D eigenvalue weighted by Crippen LogP contribution is 2.18. The SMILES string of the molecule is CCCNC(CC)c1ccc(N(C)CCSC)cn1. The van der Waals surface area contributed by atoms with Crippen LogP contribution in [0.3, 0.4) is 0 Å². The number of nitrogens with zero attached hydrogens (tertiary/aromatic N) is 2. The van der Waals surface area contributed by atoms with Crippen LogP contribution in [0, 0.1) is 0 Å². The molecule has 0 saturated heterocycles. The summed E-state index contributed by atoms with van der Waals surface area (Å²) in [6.07, 6.45) is 6.37. The van der Waals surface area contributed by atoms with Crippen molar-refractivity contribution in [2.75, 3.05) is 37.0 Å². The molecule has 1 heterocycles. The fraction of sp³-hybridized carbons (Fsp3) is 0.667. The highest BCUT2D eigenvalue weighted by Gasteiger charge is 2.10. The van der Waals surface area contributed by atoms with E-state index in [0.717, 1.165) is 37.4 Å². The number of hydrogen-bond donors (Lipinski definition) is 1. The summed E-state index contributed by atoms with van der Waals surface area (Å²) in [6, 6.07) is 4.71. The van der Waals surface area contributed by atoms with E-state index in [4.69, 9.17) is 0 Å². The molecule has 19 heavy (non-hydrogen) atoms. The Kier molecular flexibility index (Phi) is 7.91. The summed E-state index contributed by atoms with van der Waals surface area (Å²) in [4.78, 5) is 6.88. The molecular formula is C15H27N3S. The molecular weight excluding hydrogens is 254 g/mol. The van der Waals surface area contributed by atoms with Crippen LogP contribution in [-0.2, 0) is 0 Å². The van der Waals surface area contributed by atoms with Crippen molar-refractivity contribution >= 4 is 17.4 Å². The van der Waals surface area contributed by atoms with Crippen molar-refractivity contribution in [2.24, 2.45) is 0 Å². The first kappa shape index (κ1) is 16.3. The molecule has 1 rings (SSSR count). The van der Waals surface area contributed by atoms with Crippen LogP contribution in [0.4, 0.5) is 5.69 Å². The van der Waals surface area contributed by atoms with Crippen molar-refractivity contribution in [3.8, 4) is 0 Å². The molecule has 0 amide bonds. The summed E-state index contributed by atoms with van der Waals surface area (Å²) in [5.74, 6) is 1.15. The van der Waals surface area contributed by atoms with Gasteiger partial charge in [-0.2, -0.15) is 11.8 Å². The summed E-state index contributed by atoms with van der Waals surface area (Å²) < 4.78 is 0. The standard InChI is InChI=1S/C15H27N3S/c1-5-9-16-14(6-2)15-8-7-13(12-17-15)18(3)10-11-19-4/h7-8,12,14,16H,5-6,9-11H2,1-4H3. The molecule has 3 nitrogen and oxygen atoms in total. The fourth-order valence-corrected chi connectivity index (χ4v) is 2.42. The molecule has 0 aliphatic heterocycles. The van der Waals surface area contributed by atoms with E-state index >= 15 is 0 Å². The molecule has 0 spiro atoms. The molecule has 4 heteroatoms. The first-order chi connectivity index (χ1) is 9.22. The van der Waals surface area contributed by atoms with E-state index in [1.165, 1.54) is 5.69 Å². The number of hydrogen-bond acceptors (Lipinski definition) is 4. The van der Waals surface area contributed by atoms with Gasteiger partial charge in [-0.1, -0.05) is 13.8 Å². The van der Waals surface area contributed by atoms with Crippen molar-refractivity contribution in [1.29, 1.82) is 0 Å². The van der Waals surface area contributed by atoms with Gasteiger partial charge in [-0.15, -0.1) is 0 Å². The predicted octanol–water partition coefficient (Wildman–Crippen LogP) is 3.33. The third kappa shape index (κ3) is 5.41. The van der Waals surface area contributed by atoms with Gasteiger partial charge in [-0.05, 0) is 37.8 Å². The van der Waals surface area contributed by atoms with Gasteiger partial charge in [0.05, 0.1) is 17.6 Å². The van der Waals surface area contributed by atoms with E-state index in [1.807, 2.05) is 18.0 Å². The zero-order chi connectivity index (χ0) is 14.1. The number of nitrogens with one attached hydrogen (secondary N) is 1. The highest BCUT2D eigenvalue weighted by atomic mass is 32.2. The predicted molar refractivity (Wildman–Crippen MR) is 87.2 cm³/mol. The number of anilines is 1. The molecule has 108 valence electrons. The Hall–Kier alpha value is -0.740. The Labute approximate surface area is 122 Å². The van der Waals surface area contributed by atoms with Gasteiger partial charge in [0.2, 0.25) is 0 Å². The van der Waals surface area contributed by atoms with E-state index in [9.17, 15) is 0 Å². The molecule has 1 aromatic heterocycles. The second-order valence-electron chi connectivity index (χ2n) is 4.77. The average molecular weight is 281 g/mol. The van der Waals surface area contributed by atoms with E-state index in [-0.39, 0.29) is 0 Å². The lowest BCUT2D eigenvalue weighted by Crippen LogP contribution is -2.23. The van der Waals surface area contributed by atoms with Gasteiger partial charge in [-0.25, -0.2) is 0 Å². The third-order valence-corrected chi connectivity index (χ3v) is 3.84. The van der Waals surface area contributed by atoms with Gasteiger partial charge in [0.15, 0.2) is 0 Å². The molecule has 1 aromatic rings. The minimum Gasteiger partial charge on any atom is -0.373 e. The normalized spacial score (nSPS) is 12.4. The zero-order valence-corrected chi connectivity index (χ0v) is 13.5. The minimum absolute atomic E-state index is 0.380. The van der Waals surface area contributed by atoms with Crippen LogP contribution in [0.5, 0.6) is 0 Å². The van der Waals surface area contributed by atoms with Crippen LogP contribution in [-0.4, -0.2) is 37.1 Å². The smallest absolute Gasteiger partial charge is 0.0574 e. The summed E-state index contributed by atoms with van der Waals surface area (Å²) >= 11 is 1.87. The Morgan fingerprint density at radius 1 is 1.37 bits per heavy atom. The van der Waals surface area contributed by atoms with Crippen LogP contribution < -0.4 is 10.2 Å². The molecule has 0 aliphatic rings. The van der Waals surface area contributed by atoms with Gasteiger partial charge < -0.3 is 10.2 Å². The van der Waals surface area contributed by atoms with Crippen molar-refractivity contribution in [3.63, 3.8) is 0 Å². The van der Waals surface area contributed by atoms with Crippen LogP contribution in [0.25, 0.3) is 0 Å². The fourth-order valence-electron chi connectivity index (χ4n) is 1.96.